The molecule has 1 aromatic heterocycles. The van der Waals surface area contributed by atoms with Gasteiger partial charge in [0, 0.05) is 18.3 Å². The van der Waals surface area contributed by atoms with Gasteiger partial charge in [-0.25, -0.2) is 4.98 Å². The van der Waals surface area contributed by atoms with Crippen molar-refractivity contribution in [2.75, 3.05) is 0 Å². The molecule has 124 valence electrons. The monoisotopic (exact) mass is 314 g/mol. The van der Waals surface area contributed by atoms with Crippen LogP contribution in [0.4, 0.5) is 0 Å². The van der Waals surface area contributed by atoms with Crippen molar-refractivity contribution in [3.8, 4) is 0 Å². The van der Waals surface area contributed by atoms with E-state index < -0.39 is 5.41 Å². The Labute approximate surface area is 138 Å². The van der Waals surface area contributed by atoms with Crippen molar-refractivity contribution < 1.29 is 9.53 Å². The smallest absolute Gasteiger partial charge is 0.312 e. The zero-order valence-corrected chi connectivity index (χ0v) is 14.9. The van der Waals surface area contributed by atoms with Gasteiger partial charge in [-0.1, -0.05) is 25.1 Å². The minimum absolute atomic E-state index is 0.138. The van der Waals surface area contributed by atoms with Gasteiger partial charge in [-0.05, 0) is 51.3 Å². The van der Waals surface area contributed by atoms with Crippen molar-refractivity contribution in [3.63, 3.8) is 0 Å². The van der Waals surface area contributed by atoms with Gasteiger partial charge < -0.3 is 9.30 Å². The number of hydrogen-bond donors (Lipinski definition) is 0. The van der Waals surface area contributed by atoms with E-state index >= 15 is 0 Å². The molecule has 1 heterocycles. The van der Waals surface area contributed by atoms with Crippen LogP contribution in [0.2, 0.25) is 0 Å². The van der Waals surface area contributed by atoms with Gasteiger partial charge in [0.15, 0.2) is 6.73 Å². The van der Waals surface area contributed by atoms with Crippen molar-refractivity contribution >= 4 is 5.97 Å². The first-order chi connectivity index (χ1) is 10.7. The molecule has 23 heavy (non-hydrogen) atoms. The van der Waals surface area contributed by atoms with E-state index in [4.69, 9.17) is 4.74 Å². The van der Waals surface area contributed by atoms with Crippen LogP contribution in [-0.2, 0) is 16.3 Å². The molecule has 0 bridgehead atoms. The first-order valence-electron chi connectivity index (χ1n) is 7.96. The van der Waals surface area contributed by atoms with Crippen LogP contribution in [-0.4, -0.2) is 15.5 Å². The Morgan fingerprint density at radius 1 is 1.26 bits per heavy atom. The summed E-state index contributed by atoms with van der Waals surface area (Å²) in [6, 6.07) is 6.30. The number of aryl methyl sites for hydroxylation is 2. The summed E-state index contributed by atoms with van der Waals surface area (Å²) < 4.78 is 7.33. The Kier molecular flexibility index (Phi) is 4.93. The predicted octanol–water partition coefficient (Wildman–Crippen LogP) is 4.20. The van der Waals surface area contributed by atoms with E-state index in [1.807, 2.05) is 31.5 Å². The first-order valence-corrected chi connectivity index (χ1v) is 7.96. The highest BCUT2D eigenvalue weighted by Crippen LogP contribution is 2.28. The SMILES string of the molecule is Cc1cccc(C)c1C(C)c1nccn1COC(=O)C(C)(C)C. The van der Waals surface area contributed by atoms with Gasteiger partial charge in [-0.2, -0.15) is 0 Å². The van der Waals surface area contributed by atoms with Gasteiger partial charge in [0.1, 0.15) is 5.82 Å². The van der Waals surface area contributed by atoms with E-state index in [1.54, 1.807) is 6.20 Å². The zero-order chi connectivity index (χ0) is 17.2. The van der Waals surface area contributed by atoms with Crippen molar-refractivity contribution in [1.29, 1.82) is 0 Å². The molecule has 0 radical (unpaired) electrons. The Hall–Kier alpha value is -2.10. The van der Waals surface area contributed by atoms with Crippen LogP contribution in [0.3, 0.4) is 0 Å². The summed E-state index contributed by atoms with van der Waals surface area (Å²) in [5, 5.41) is 0. The minimum atomic E-state index is -0.501. The van der Waals surface area contributed by atoms with E-state index in [-0.39, 0.29) is 18.6 Å². The van der Waals surface area contributed by atoms with Crippen molar-refractivity contribution in [2.45, 2.75) is 54.2 Å². The number of carbonyl (C=O) groups excluding carboxylic acids is 1. The molecule has 1 atom stereocenters. The fourth-order valence-corrected chi connectivity index (χ4v) is 2.79. The van der Waals surface area contributed by atoms with Crippen molar-refractivity contribution in [2.24, 2.45) is 5.41 Å². The van der Waals surface area contributed by atoms with Crippen LogP contribution < -0.4 is 0 Å². The van der Waals surface area contributed by atoms with Crippen LogP contribution in [0.15, 0.2) is 30.6 Å². The van der Waals surface area contributed by atoms with E-state index in [0.717, 1.165) is 5.82 Å². The number of carbonyl (C=O) groups is 1. The van der Waals surface area contributed by atoms with Crippen LogP contribution in [0.1, 0.15) is 56.1 Å². The number of hydrogen-bond acceptors (Lipinski definition) is 3. The number of benzene rings is 1. The lowest BCUT2D eigenvalue weighted by atomic mass is 9.91. The lowest BCUT2D eigenvalue weighted by Crippen LogP contribution is -2.24. The molecule has 0 aliphatic rings. The third kappa shape index (κ3) is 3.81. The Morgan fingerprint density at radius 3 is 2.43 bits per heavy atom. The highest BCUT2D eigenvalue weighted by Gasteiger charge is 2.24. The number of esters is 1. The van der Waals surface area contributed by atoms with Crippen molar-refractivity contribution in [3.05, 3.63) is 53.1 Å². The second-order valence-electron chi connectivity index (χ2n) is 7.09. The number of imidazole rings is 1. The summed E-state index contributed by atoms with van der Waals surface area (Å²) in [7, 11) is 0. The summed E-state index contributed by atoms with van der Waals surface area (Å²) in [5.41, 5.74) is 3.28. The molecule has 0 saturated carbocycles. The molecular formula is C19H26N2O2. The van der Waals surface area contributed by atoms with Gasteiger partial charge >= 0.3 is 5.97 Å². The Morgan fingerprint density at radius 2 is 1.87 bits per heavy atom. The fraction of sp³-hybridized carbons (Fsp3) is 0.474. The quantitative estimate of drug-likeness (QED) is 0.794. The maximum atomic E-state index is 12.0. The molecule has 0 spiro atoms. The second-order valence-corrected chi connectivity index (χ2v) is 7.09. The summed E-state index contributed by atoms with van der Waals surface area (Å²) in [4.78, 5) is 16.4. The predicted molar refractivity (Wildman–Crippen MR) is 91.2 cm³/mol. The molecule has 0 aliphatic carbocycles. The van der Waals surface area contributed by atoms with Crippen molar-refractivity contribution in [1.82, 2.24) is 9.55 Å². The topological polar surface area (TPSA) is 44.1 Å². The largest absolute Gasteiger partial charge is 0.443 e. The molecule has 1 aromatic carbocycles. The zero-order valence-electron chi connectivity index (χ0n) is 14.9. The van der Waals surface area contributed by atoms with Gasteiger partial charge in [0.25, 0.3) is 0 Å². The number of rotatable bonds is 4. The summed E-state index contributed by atoms with van der Waals surface area (Å²) in [6.07, 6.45) is 3.61. The molecule has 0 amide bonds. The average molecular weight is 314 g/mol. The molecule has 0 fully saturated rings. The first kappa shape index (κ1) is 17.3. The van der Waals surface area contributed by atoms with E-state index in [2.05, 4.69) is 44.0 Å². The third-order valence-corrected chi connectivity index (χ3v) is 4.06. The lowest BCUT2D eigenvalue weighted by molar-refractivity contribution is -0.157. The van der Waals surface area contributed by atoms with Crippen LogP contribution in [0, 0.1) is 19.3 Å². The third-order valence-electron chi connectivity index (χ3n) is 4.06. The molecular weight excluding hydrogens is 288 g/mol. The molecule has 4 nitrogen and oxygen atoms in total. The molecule has 0 N–H and O–H groups in total. The molecule has 2 rings (SSSR count). The average Bonchev–Trinajstić information content (AvgIpc) is 2.91. The lowest BCUT2D eigenvalue weighted by Gasteiger charge is -2.20. The van der Waals surface area contributed by atoms with Gasteiger partial charge in [0.05, 0.1) is 5.41 Å². The van der Waals surface area contributed by atoms with E-state index in [1.165, 1.54) is 16.7 Å². The second kappa shape index (κ2) is 6.57. The molecule has 2 aromatic rings. The highest BCUT2D eigenvalue weighted by molar-refractivity contribution is 5.75. The fourth-order valence-electron chi connectivity index (χ4n) is 2.79. The molecule has 0 saturated heterocycles. The molecule has 0 aliphatic heterocycles. The van der Waals surface area contributed by atoms with Crippen LogP contribution in [0.25, 0.3) is 0 Å². The number of ether oxygens (including phenoxy) is 1. The van der Waals surface area contributed by atoms with Gasteiger partial charge in [-0.3, -0.25) is 4.79 Å². The van der Waals surface area contributed by atoms with Gasteiger partial charge in [0.2, 0.25) is 0 Å². The Balaban J connectivity index is 2.22. The maximum Gasteiger partial charge on any atom is 0.312 e. The summed E-state index contributed by atoms with van der Waals surface area (Å²) in [5.74, 6) is 0.834. The normalized spacial score (nSPS) is 13.0. The van der Waals surface area contributed by atoms with Crippen LogP contribution >= 0.6 is 0 Å². The number of aromatic nitrogens is 2. The van der Waals surface area contributed by atoms with Gasteiger partial charge in [-0.15, -0.1) is 0 Å². The minimum Gasteiger partial charge on any atom is -0.443 e. The van der Waals surface area contributed by atoms with E-state index in [9.17, 15) is 4.79 Å². The number of nitrogens with zero attached hydrogens (tertiary/aromatic N) is 2. The van der Waals surface area contributed by atoms with E-state index in [0.29, 0.717) is 0 Å². The molecule has 1 unspecified atom stereocenters. The highest BCUT2D eigenvalue weighted by atomic mass is 16.5. The summed E-state index contributed by atoms with van der Waals surface area (Å²) in [6.45, 7) is 12.1. The van der Waals surface area contributed by atoms with Crippen LogP contribution in [0.5, 0.6) is 0 Å². The maximum absolute atomic E-state index is 12.0. The molecule has 4 heteroatoms. The standard InChI is InChI=1S/C19H26N2O2/c1-13-8-7-9-14(2)16(13)15(3)17-20-10-11-21(17)12-23-18(22)19(4,5)6/h7-11,15H,12H2,1-6H3. The Bertz CT molecular complexity index is 675. The summed E-state index contributed by atoms with van der Waals surface area (Å²) >= 11 is 0.